The van der Waals surface area contributed by atoms with Gasteiger partial charge in [-0.2, -0.15) is 5.26 Å². The van der Waals surface area contributed by atoms with Crippen molar-refractivity contribution in [2.45, 2.75) is 18.5 Å². The smallest absolute Gasteiger partial charge is 0.141 e. The SMILES string of the molecule is N#Cc1ccc(-c2cccc(CN3CC4CC4(N)C3)c2Cl)cc1F. The molecule has 122 valence electrons. The summed E-state index contributed by atoms with van der Waals surface area (Å²) in [4.78, 5) is 2.33. The summed E-state index contributed by atoms with van der Waals surface area (Å²) >= 11 is 6.58. The molecule has 0 spiro atoms. The highest BCUT2D eigenvalue weighted by Gasteiger charge is 2.56. The topological polar surface area (TPSA) is 53.0 Å². The molecule has 1 aliphatic heterocycles. The first-order chi connectivity index (χ1) is 11.5. The molecule has 1 aliphatic carbocycles. The number of piperidine rings is 1. The Labute approximate surface area is 145 Å². The predicted octanol–water partition coefficient (Wildman–Crippen LogP) is 3.55. The Balaban J connectivity index is 1.61. The maximum absolute atomic E-state index is 13.9. The van der Waals surface area contributed by atoms with E-state index < -0.39 is 5.82 Å². The molecular formula is C19H17ClFN3. The zero-order valence-corrected chi connectivity index (χ0v) is 13.9. The predicted molar refractivity (Wildman–Crippen MR) is 91.9 cm³/mol. The average Bonchev–Trinajstić information content (AvgIpc) is 3.07. The highest BCUT2D eigenvalue weighted by Crippen LogP contribution is 2.47. The van der Waals surface area contributed by atoms with E-state index >= 15 is 0 Å². The minimum absolute atomic E-state index is 0.0142. The van der Waals surface area contributed by atoms with Crippen molar-refractivity contribution in [3.05, 3.63) is 58.4 Å². The minimum atomic E-state index is -0.527. The maximum Gasteiger partial charge on any atom is 0.141 e. The van der Waals surface area contributed by atoms with Crippen LogP contribution < -0.4 is 5.73 Å². The lowest BCUT2D eigenvalue weighted by Gasteiger charge is -2.20. The molecule has 1 saturated heterocycles. The number of nitrogens with two attached hydrogens (primary N) is 1. The molecule has 0 amide bonds. The Morgan fingerprint density at radius 3 is 2.88 bits per heavy atom. The summed E-state index contributed by atoms with van der Waals surface area (Å²) in [6, 6.07) is 12.2. The van der Waals surface area contributed by atoms with Crippen LogP contribution in [0.1, 0.15) is 17.5 Å². The van der Waals surface area contributed by atoms with Crippen molar-refractivity contribution < 1.29 is 4.39 Å². The Morgan fingerprint density at radius 2 is 2.21 bits per heavy atom. The van der Waals surface area contributed by atoms with E-state index in [1.807, 2.05) is 24.3 Å². The van der Waals surface area contributed by atoms with Crippen LogP contribution in [-0.2, 0) is 6.54 Å². The van der Waals surface area contributed by atoms with Crippen LogP contribution in [0.25, 0.3) is 11.1 Å². The Hall–Kier alpha value is -1.93. The van der Waals surface area contributed by atoms with Crippen LogP contribution in [0.2, 0.25) is 5.02 Å². The van der Waals surface area contributed by atoms with Gasteiger partial charge in [-0.25, -0.2) is 4.39 Å². The number of nitriles is 1. The van der Waals surface area contributed by atoms with Gasteiger partial charge in [-0.1, -0.05) is 35.9 Å². The fraction of sp³-hybridized carbons (Fsp3) is 0.316. The number of nitrogens with zero attached hydrogens (tertiary/aromatic N) is 2. The van der Waals surface area contributed by atoms with Gasteiger partial charge in [0.05, 0.1) is 10.6 Å². The van der Waals surface area contributed by atoms with Gasteiger partial charge in [-0.3, -0.25) is 4.90 Å². The molecule has 2 N–H and O–H groups in total. The third kappa shape index (κ3) is 2.59. The molecule has 1 heterocycles. The van der Waals surface area contributed by atoms with Crippen molar-refractivity contribution >= 4 is 11.6 Å². The zero-order chi connectivity index (χ0) is 16.9. The molecule has 0 aromatic heterocycles. The molecule has 2 unspecified atom stereocenters. The first kappa shape index (κ1) is 15.6. The van der Waals surface area contributed by atoms with Crippen LogP contribution in [0, 0.1) is 23.1 Å². The van der Waals surface area contributed by atoms with Crippen molar-refractivity contribution in [1.29, 1.82) is 5.26 Å². The van der Waals surface area contributed by atoms with Crippen molar-refractivity contribution in [1.82, 2.24) is 4.90 Å². The quantitative estimate of drug-likeness (QED) is 0.928. The normalized spacial score (nSPS) is 25.3. The molecule has 3 nitrogen and oxygen atoms in total. The summed E-state index contributed by atoms with van der Waals surface area (Å²) in [5, 5.41) is 9.48. The molecule has 4 rings (SSSR count). The number of fused-ring (bicyclic) bond motifs is 1. The molecule has 0 bridgehead atoms. The standard InChI is InChI=1S/C19H17ClFN3/c20-18-14(9-24-10-15-7-19(15,23)11-24)2-1-3-16(18)12-4-5-13(8-22)17(21)6-12/h1-6,15H,7,9-11,23H2. The van der Waals surface area contributed by atoms with Gasteiger partial charge in [0.25, 0.3) is 0 Å². The number of benzene rings is 2. The van der Waals surface area contributed by atoms with Crippen molar-refractivity contribution in [2.75, 3.05) is 13.1 Å². The average molecular weight is 342 g/mol. The lowest BCUT2D eigenvalue weighted by molar-refractivity contribution is 0.291. The molecule has 2 aromatic carbocycles. The van der Waals surface area contributed by atoms with Crippen LogP contribution in [0.5, 0.6) is 0 Å². The van der Waals surface area contributed by atoms with Gasteiger partial charge >= 0.3 is 0 Å². The monoisotopic (exact) mass is 341 g/mol. The molecule has 0 radical (unpaired) electrons. The number of halogens is 2. The van der Waals surface area contributed by atoms with E-state index in [9.17, 15) is 4.39 Å². The van der Waals surface area contributed by atoms with Crippen molar-refractivity contribution in [2.24, 2.45) is 11.7 Å². The lowest BCUT2D eigenvalue weighted by Crippen LogP contribution is -2.32. The van der Waals surface area contributed by atoms with Crippen LogP contribution in [-0.4, -0.2) is 23.5 Å². The third-order valence-corrected chi connectivity index (χ3v) is 5.60. The van der Waals surface area contributed by atoms with E-state index in [1.165, 1.54) is 12.1 Å². The number of likely N-dealkylation sites (tertiary alicyclic amines) is 1. The number of rotatable bonds is 3. The number of hydrogen-bond donors (Lipinski definition) is 1. The highest BCUT2D eigenvalue weighted by atomic mass is 35.5. The van der Waals surface area contributed by atoms with E-state index in [2.05, 4.69) is 4.90 Å². The highest BCUT2D eigenvalue weighted by molar-refractivity contribution is 6.34. The molecule has 2 aliphatic rings. The molecular weight excluding hydrogens is 325 g/mol. The lowest BCUT2D eigenvalue weighted by atomic mass is 10.0. The van der Waals surface area contributed by atoms with Crippen molar-refractivity contribution in [3.8, 4) is 17.2 Å². The van der Waals surface area contributed by atoms with Crippen LogP contribution >= 0.6 is 11.6 Å². The van der Waals surface area contributed by atoms with Gasteiger partial charge in [-0.05, 0) is 35.6 Å². The van der Waals surface area contributed by atoms with Crippen LogP contribution in [0.4, 0.5) is 4.39 Å². The molecule has 24 heavy (non-hydrogen) atoms. The molecule has 1 saturated carbocycles. The van der Waals surface area contributed by atoms with Gasteiger partial charge in [0.15, 0.2) is 0 Å². The molecule has 2 aromatic rings. The molecule has 2 fully saturated rings. The van der Waals surface area contributed by atoms with E-state index in [1.54, 1.807) is 6.07 Å². The van der Waals surface area contributed by atoms with Crippen LogP contribution in [0.15, 0.2) is 36.4 Å². The first-order valence-electron chi connectivity index (χ1n) is 7.99. The molecule has 2 atom stereocenters. The zero-order valence-electron chi connectivity index (χ0n) is 13.1. The van der Waals surface area contributed by atoms with Gasteiger partial charge in [0.2, 0.25) is 0 Å². The van der Waals surface area contributed by atoms with E-state index in [4.69, 9.17) is 22.6 Å². The largest absolute Gasteiger partial charge is 0.324 e. The van der Waals surface area contributed by atoms with E-state index in [-0.39, 0.29) is 11.1 Å². The van der Waals surface area contributed by atoms with Gasteiger partial charge in [-0.15, -0.1) is 0 Å². The fourth-order valence-corrected chi connectivity index (χ4v) is 3.99. The Bertz CT molecular complexity index is 860. The molecule has 5 heteroatoms. The van der Waals surface area contributed by atoms with Crippen LogP contribution in [0.3, 0.4) is 0 Å². The fourth-order valence-electron chi connectivity index (χ4n) is 3.69. The second-order valence-electron chi connectivity index (χ2n) is 6.89. The Morgan fingerprint density at radius 1 is 1.38 bits per heavy atom. The minimum Gasteiger partial charge on any atom is -0.324 e. The van der Waals surface area contributed by atoms with Crippen molar-refractivity contribution in [3.63, 3.8) is 0 Å². The summed E-state index contributed by atoms with van der Waals surface area (Å²) in [6.07, 6.45) is 1.13. The Kier molecular flexibility index (Phi) is 3.61. The van der Waals surface area contributed by atoms with Gasteiger partial charge in [0, 0.05) is 30.7 Å². The second kappa shape index (κ2) is 5.56. The summed E-state index contributed by atoms with van der Waals surface area (Å²) in [5.74, 6) is 0.0910. The van der Waals surface area contributed by atoms with E-state index in [0.29, 0.717) is 16.5 Å². The maximum atomic E-state index is 13.9. The summed E-state index contributed by atoms with van der Waals surface area (Å²) in [5.41, 5.74) is 8.79. The number of hydrogen-bond acceptors (Lipinski definition) is 3. The second-order valence-corrected chi connectivity index (χ2v) is 7.27. The van der Waals surface area contributed by atoms with E-state index in [0.717, 1.165) is 37.2 Å². The first-order valence-corrected chi connectivity index (χ1v) is 8.36. The van der Waals surface area contributed by atoms with Gasteiger partial charge < -0.3 is 5.73 Å². The summed E-state index contributed by atoms with van der Waals surface area (Å²) in [7, 11) is 0. The van der Waals surface area contributed by atoms with Gasteiger partial charge in [0.1, 0.15) is 11.9 Å². The summed E-state index contributed by atoms with van der Waals surface area (Å²) < 4.78 is 13.9. The summed E-state index contributed by atoms with van der Waals surface area (Å²) in [6.45, 7) is 2.67. The third-order valence-electron chi connectivity index (χ3n) is 5.15.